The summed E-state index contributed by atoms with van der Waals surface area (Å²) in [6.07, 6.45) is 0.862. The lowest BCUT2D eigenvalue weighted by Gasteiger charge is -2.10. The Labute approximate surface area is 118 Å². The average Bonchev–Trinajstić information content (AvgIpc) is 2.48. The quantitative estimate of drug-likeness (QED) is 0.880. The summed E-state index contributed by atoms with van der Waals surface area (Å²) in [5.74, 6) is 0.971. The van der Waals surface area contributed by atoms with E-state index in [-0.39, 0.29) is 12.4 Å². The van der Waals surface area contributed by atoms with Crippen molar-refractivity contribution < 1.29 is 13.9 Å². The molecular formula is C16H18FNO2. The highest BCUT2D eigenvalue weighted by molar-refractivity contribution is 5.38. The molecule has 2 N–H and O–H groups in total. The molecule has 106 valence electrons. The van der Waals surface area contributed by atoms with Gasteiger partial charge in [0.2, 0.25) is 0 Å². The Morgan fingerprint density at radius 3 is 2.50 bits per heavy atom. The molecule has 0 saturated carbocycles. The molecule has 0 atom stereocenters. The highest BCUT2D eigenvalue weighted by atomic mass is 19.1. The molecule has 4 heteroatoms. The summed E-state index contributed by atoms with van der Waals surface area (Å²) in [6.45, 7) is 0.925. The van der Waals surface area contributed by atoms with E-state index in [9.17, 15) is 4.39 Å². The van der Waals surface area contributed by atoms with Gasteiger partial charge in [0.25, 0.3) is 0 Å². The van der Waals surface area contributed by atoms with Crippen molar-refractivity contribution in [2.75, 3.05) is 13.7 Å². The SMILES string of the molecule is COCCc1ccc(Oc2ccc(F)cc2CN)cc1. The van der Waals surface area contributed by atoms with Crippen LogP contribution in [0.2, 0.25) is 0 Å². The number of nitrogens with two attached hydrogens (primary N) is 1. The van der Waals surface area contributed by atoms with Crippen LogP contribution < -0.4 is 10.5 Å². The van der Waals surface area contributed by atoms with Crippen molar-refractivity contribution in [3.05, 3.63) is 59.4 Å². The van der Waals surface area contributed by atoms with Crippen LogP contribution in [0.25, 0.3) is 0 Å². The molecule has 0 amide bonds. The normalized spacial score (nSPS) is 10.6. The Morgan fingerprint density at radius 2 is 1.85 bits per heavy atom. The number of rotatable bonds is 6. The van der Waals surface area contributed by atoms with Gasteiger partial charge in [-0.3, -0.25) is 0 Å². The number of methoxy groups -OCH3 is 1. The lowest BCUT2D eigenvalue weighted by molar-refractivity contribution is 0.202. The molecule has 2 aromatic rings. The minimum Gasteiger partial charge on any atom is -0.457 e. The second kappa shape index (κ2) is 7.03. The summed E-state index contributed by atoms with van der Waals surface area (Å²) in [4.78, 5) is 0. The number of hydrogen-bond acceptors (Lipinski definition) is 3. The van der Waals surface area contributed by atoms with Gasteiger partial charge in [-0.15, -0.1) is 0 Å². The fraction of sp³-hybridized carbons (Fsp3) is 0.250. The van der Waals surface area contributed by atoms with Crippen molar-refractivity contribution in [1.82, 2.24) is 0 Å². The van der Waals surface area contributed by atoms with E-state index >= 15 is 0 Å². The number of benzene rings is 2. The number of hydrogen-bond donors (Lipinski definition) is 1. The van der Waals surface area contributed by atoms with Gasteiger partial charge < -0.3 is 15.2 Å². The molecule has 0 aliphatic carbocycles. The van der Waals surface area contributed by atoms with Crippen LogP contribution in [0.3, 0.4) is 0 Å². The van der Waals surface area contributed by atoms with Crippen LogP contribution in [0.5, 0.6) is 11.5 Å². The van der Waals surface area contributed by atoms with E-state index in [0.717, 1.165) is 6.42 Å². The molecule has 0 unspecified atom stereocenters. The molecular weight excluding hydrogens is 257 g/mol. The topological polar surface area (TPSA) is 44.5 Å². The molecule has 0 heterocycles. The number of halogens is 1. The van der Waals surface area contributed by atoms with Gasteiger partial charge >= 0.3 is 0 Å². The lowest BCUT2D eigenvalue weighted by atomic mass is 10.1. The van der Waals surface area contributed by atoms with E-state index in [2.05, 4.69) is 0 Å². The minimum atomic E-state index is -0.312. The van der Waals surface area contributed by atoms with E-state index in [1.807, 2.05) is 24.3 Å². The molecule has 2 aromatic carbocycles. The standard InChI is InChI=1S/C16H18FNO2/c1-19-9-8-12-2-5-15(6-3-12)20-16-7-4-14(17)10-13(16)11-18/h2-7,10H,8-9,11,18H2,1H3. The first kappa shape index (κ1) is 14.5. The first-order chi connectivity index (χ1) is 9.72. The molecule has 0 fully saturated rings. The zero-order chi connectivity index (χ0) is 14.4. The van der Waals surface area contributed by atoms with Gasteiger partial charge in [0, 0.05) is 19.2 Å². The minimum absolute atomic E-state index is 0.235. The average molecular weight is 275 g/mol. The summed E-state index contributed by atoms with van der Waals surface area (Å²) < 4.78 is 23.9. The van der Waals surface area contributed by atoms with Gasteiger partial charge in [0.1, 0.15) is 17.3 Å². The third-order valence-electron chi connectivity index (χ3n) is 2.99. The molecule has 0 aromatic heterocycles. The molecule has 2 rings (SSSR count). The highest BCUT2D eigenvalue weighted by Crippen LogP contribution is 2.26. The molecule has 0 aliphatic heterocycles. The predicted octanol–water partition coefficient (Wildman–Crippen LogP) is 3.27. The van der Waals surface area contributed by atoms with E-state index in [4.69, 9.17) is 15.2 Å². The Balaban J connectivity index is 2.10. The second-order valence-electron chi connectivity index (χ2n) is 4.44. The van der Waals surface area contributed by atoms with E-state index in [1.54, 1.807) is 13.2 Å². The van der Waals surface area contributed by atoms with Gasteiger partial charge in [-0.1, -0.05) is 12.1 Å². The monoisotopic (exact) mass is 275 g/mol. The van der Waals surface area contributed by atoms with Crippen LogP contribution in [0.4, 0.5) is 4.39 Å². The van der Waals surface area contributed by atoms with Crippen molar-refractivity contribution in [2.45, 2.75) is 13.0 Å². The molecule has 20 heavy (non-hydrogen) atoms. The van der Waals surface area contributed by atoms with Crippen molar-refractivity contribution >= 4 is 0 Å². The van der Waals surface area contributed by atoms with Crippen LogP contribution >= 0.6 is 0 Å². The molecule has 0 bridgehead atoms. The van der Waals surface area contributed by atoms with Crippen LogP contribution in [0.1, 0.15) is 11.1 Å². The van der Waals surface area contributed by atoms with E-state index < -0.39 is 0 Å². The van der Waals surface area contributed by atoms with Crippen molar-refractivity contribution in [1.29, 1.82) is 0 Å². The smallest absolute Gasteiger partial charge is 0.132 e. The summed E-state index contributed by atoms with van der Waals surface area (Å²) in [5, 5.41) is 0. The second-order valence-corrected chi connectivity index (χ2v) is 4.44. The molecule has 0 aliphatic rings. The fourth-order valence-electron chi connectivity index (χ4n) is 1.88. The van der Waals surface area contributed by atoms with Crippen molar-refractivity contribution in [2.24, 2.45) is 5.73 Å². The Hall–Kier alpha value is -1.91. The van der Waals surface area contributed by atoms with Gasteiger partial charge in [0.05, 0.1) is 6.61 Å². The van der Waals surface area contributed by atoms with Gasteiger partial charge in [-0.05, 0) is 42.3 Å². The van der Waals surface area contributed by atoms with Gasteiger partial charge in [0.15, 0.2) is 0 Å². The molecule has 3 nitrogen and oxygen atoms in total. The summed E-state index contributed by atoms with van der Waals surface area (Å²) >= 11 is 0. The Kier molecular flexibility index (Phi) is 5.09. The van der Waals surface area contributed by atoms with Crippen LogP contribution in [0.15, 0.2) is 42.5 Å². The van der Waals surface area contributed by atoms with E-state index in [0.29, 0.717) is 23.7 Å². The predicted molar refractivity (Wildman–Crippen MR) is 76.4 cm³/mol. The van der Waals surface area contributed by atoms with Crippen LogP contribution in [-0.2, 0) is 17.7 Å². The van der Waals surface area contributed by atoms with Crippen LogP contribution in [0, 0.1) is 5.82 Å². The Bertz CT molecular complexity index is 555. The largest absolute Gasteiger partial charge is 0.457 e. The first-order valence-electron chi connectivity index (χ1n) is 6.47. The van der Waals surface area contributed by atoms with Crippen LogP contribution in [-0.4, -0.2) is 13.7 Å². The van der Waals surface area contributed by atoms with E-state index in [1.165, 1.54) is 17.7 Å². The summed E-state index contributed by atoms with van der Waals surface area (Å²) in [6, 6.07) is 12.1. The third kappa shape index (κ3) is 3.79. The third-order valence-corrected chi connectivity index (χ3v) is 2.99. The van der Waals surface area contributed by atoms with Gasteiger partial charge in [-0.2, -0.15) is 0 Å². The number of ether oxygens (including phenoxy) is 2. The highest BCUT2D eigenvalue weighted by Gasteiger charge is 2.05. The zero-order valence-corrected chi connectivity index (χ0v) is 11.4. The molecule has 0 radical (unpaired) electrons. The molecule has 0 spiro atoms. The summed E-state index contributed by atoms with van der Waals surface area (Å²) in [7, 11) is 1.68. The first-order valence-corrected chi connectivity index (χ1v) is 6.47. The Morgan fingerprint density at radius 1 is 1.10 bits per heavy atom. The molecule has 0 saturated heterocycles. The van der Waals surface area contributed by atoms with Crippen molar-refractivity contribution in [3.63, 3.8) is 0 Å². The van der Waals surface area contributed by atoms with Crippen molar-refractivity contribution in [3.8, 4) is 11.5 Å². The summed E-state index contributed by atoms with van der Waals surface area (Å²) in [5.41, 5.74) is 7.42. The van der Waals surface area contributed by atoms with Gasteiger partial charge in [-0.25, -0.2) is 4.39 Å². The maximum atomic E-state index is 13.1. The zero-order valence-electron chi connectivity index (χ0n) is 11.4. The maximum absolute atomic E-state index is 13.1. The maximum Gasteiger partial charge on any atom is 0.132 e. The fourth-order valence-corrected chi connectivity index (χ4v) is 1.88. The lowest BCUT2D eigenvalue weighted by Crippen LogP contribution is -2.00.